The number of rotatable bonds is 5. The van der Waals surface area contributed by atoms with E-state index in [1.165, 1.54) is 0 Å². The van der Waals surface area contributed by atoms with Gasteiger partial charge < -0.3 is 0 Å². The Bertz CT molecular complexity index is 452. The molecular weight excluding hydrogens is 216 g/mol. The molecule has 0 aliphatic rings. The molecule has 2 aromatic rings. The van der Waals surface area contributed by atoms with E-state index < -0.39 is 0 Å². The molecule has 6 heteroatoms. The average molecular weight is 232 g/mol. The average Bonchev–Trinajstić information content (AvgIpc) is 2.75. The van der Waals surface area contributed by atoms with Crippen LogP contribution in [0, 0.1) is 0 Å². The van der Waals surface area contributed by atoms with Gasteiger partial charge in [0, 0.05) is 31.9 Å². The Kier molecular flexibility index (Phi) is 3.79. The number of pyridine rings is 1. The van der Waals surface area contributed by atoms with E-state index >= 15 is 0 Å². The van der Waals surface area contributed by atoms with Crippen molar-refractivity contribution in [1.29, 1.82) is 0 Å². The van der Waals surface area contributed by atoms with Crippen LogP contribution in [0.2, 0.25) is 0 Å². The number of nitrogens with zero attached hydrogens (tertiary/aromatic N) is 4. The van der Waals surface area contributed by atoms with Crippen molar-refractivity contribution in [3.63, 3.8) is 0 Å². The molecule has 2 heterocycles. The van der Waals surface area contributed by atoms with E-state index in [0.29, 0.717) is 0 Å². The summed E-state index contributed by atoms with van der Waals surface area (Å²) in [7, 11) is 1.87. The summed E-state index contributed by atoms with van der Waals surface area (Å²) in [5, 5.41) is 4.04. The van der Waals surface area contributed by atoms with Crippen molar-refractivity contribution in [3.8, 4) is 0 Å². The third-order valence-electron chi connectivity index (χ3n) is 2.67. The van der Waals surface area contributed by atoms with E-state index in [2.05, 4.69) is 20.5 Å². The highest BCUT2D eigenvalue weighted by Crippen LogP contribution is 2.05. The third kappa shape index (κ3) is 3.08. The predicted octanol–water partition coefficient (Wildman–Crippen LogP) is -0.173. The summed E-state index contributed by atoms with van der Waals surface area (Å²) in [6.07, 6.45) is 6.71. The standard InChI is InChI=1S/C11H16N6/c1-17-11(14-8-15-17)6-10(16-12)5-9-3-2-4-13-7-9/h2-4,7-8,10,16H,5-6,12H2,1H3. The normalized spacial score (nSPS) is 12.6. The van der Waals surface area contributed by atoms with Crippen LogP contribution in [-0.4, -0.2) is 25.8 Å². The maximum Gasteiger partial charge on any atom is 0.138 e. The van der Waals surface area contributed by atoms with Gasteiger partial charge in [0.2, 0.25) is 0 Å². The summed E-state index contributed by atoms with van der Waals surface area (Å²) < 4.78 is 1.76. The summed E-state index contributed by atoms with van der Waals surface area (Å²) in [5.74, 6) is 6.47. The Labute approximate surface area is 99.9 Å². The monoisotopic (exact) mass is 232 g/mol. The lowest BCUT2D eigenvalue weighted by Crippen LogP contribution is -2.39. The number of nitrogens with one attached hydrogen (secondary N) is 1. The molecule has 0 aliphatic heterocycles. The van der Waals surface area contributed by atoms with Gasteiger partial charge in [0.05, 0.1) is 0 Å². The van der Waals surface area contributed by atoms with E-state index in [1.54, 1.807) is 17.2 Å². The van der Waals surface area contributed by atoms with Crippen LogP contribution in [0.3, 0.4) is 0 Å². The summed E-state index contributed by atoms with van der Waals surface area (Å²) in [4.78, 5) is 8.27. The molecule has 0 radical (unpaired) electrons. The molecule has 1 atom stereocenters. The van der Waals surface area contributed by atoms with Gasteiger partial charge in [-0.2, -0.15) is 5.10 Å². The van der Waals surface area contributed by atoms with Gasteiger partial charge in [-0.25, -0.2) is 4.98 Å². The number of nitrogens with two attached hydrogens (primary N) is 1. The summed E-state index contributed by atoms with van der Waals surface area (Å²) in [6, 6.07) is 4.08. The number of hydrogen-bond acceptors (Lipinski definition) is 5. The minimum Gasteiger partial charge on any atom is -0.271 e. The molecule has 0 amide bonds. The molecule has 1 unspecified atom stereocenters. The van der Waals surface area contributed by atoms with Crippen molar-refractivity contribution >= 4 is 0 Å². The Morgan fingerprint density at radius 2 is 2.35 bits per heavy atom. The first-order valence-corrected chi connectivity index (χ1v) is 5.47. The van der Waals surface area contributed by atoms with Crippen molar-refractivity contribution in [2.45, 2.75) is 18.9 Å². The van der Waals surface area contributed by atoms with Gasteiger partial charge in [0.15, 0.2) is 0 Å². The highest BCUT2D eigenvalue weighted by molar-refractivity contribution is 5.10. The fourth-order valence-electron chi connectivity index (χ4n) is 1.72. The van der Waals surface area contributed by atoms with Gasteiger partial charge in [-0.05, 0) is 18.1 Å². The van der Waals surface area contributed by atoms with E-state index in [4.69, 9.17) is 5.84 Å². The number of aryl methyl sites for hydroxylation is 1. The number of hydrazine groups is 1. The van der Waals surface area contributed by atoms with Crippen molar-refractivity contribution in [2.24, 2.45) is 12.9 Å². The molecule has 0 spiro atoms. The Morgan fingerprint density at radius 3 is 2.94 bits per heavy atom. The largest absolute Gasteiger partial charge is 0.271 e. The second kappa shape index (κ2) is 5.51. The van der Waals surface area contributed by atoms with Crippen LogP contribution in [0.15, 0.2) is 30.9 Å². The molecular formula is C11H16N6. The molecule has 0 bridgehead atoms. The van der Waals surface area contributed by atoms with Crippen LogP contribution in [-0.2, 0) is 19.9 Å². The molecule has 0 saturated heterocycles. The Morgan fingerprint density at radius 1 is 1.47 bits per heavy atom. The van der Waals surface area contributed by atoms with Gasteiger partial charge in [0.25, 0.3) is 0 Å². The smallest absolute Gasteiger partial charge is 0.138 e. The zero-order valence-electron chi connectivity index (χ0n) is 9.74. The predicted molar refractivity (Wildman–Crippen MR) is 63.8 cm³/mol. The van der Waals surface area contributed by atoms with E-state index in [9.17, 15) is 0 Å². The van der Waals surface area contributed by atoms with Crippen molar-refractivity contribution in [1.82, 2.24) is 25.2 Å². The molecule has 3 N–H and O–H groups in total. The fourth-order valence-corrected chi connectivity index (χ4v) is 1.72. The number of aromatic nitrogens is 4. The number of hydrogen-bond donors (Lipinski definition) is 2. The second-order valence-electron chi connectivity index (χ2n) is 3.93. The summed E-state index contributed by atoms with van der Waals surface area (Å²) >= 11 is 0. The lowest BCUT2D eigenvalue weighted by Gasteiger charge is -2.14. The molecule has 0 saturated carbocycles. The molecule has 0 aromatic carbocycles. The zero-order valence-corrected chi connectivity index (χ0v) is 9.74. The van der Waals surface area contributed by atoms with Crippen LogP contribution < -0.4 is 11.3 Å². The van der Waals surface area contributed by atoms with Gasteiger partial charge >= 0.3 is 0 Å². The maximum absolute atomic E-state index is 5.56. The molecule has 2 aromatic heterocycles. The Balaban J connectivity index is 2.00. The molecule has 0 fully saturated rings. The molecule has 0 aliphatic carbocycles. The highest BCUT2D eigenvalue weighted by Gasteiger charge is 2.12. The minimum absolute atomic E-state index is 0.127. The van der Waals surface area contributed by atoms with Crippen LogP contribution in [0.25, 0.3) is 0 Å². The van der Waals surface area contributed by atoms with Crippen LogP contribution in [0.1, 0.15) is 11.4 Å². The fraction of sp³-hybridized carbons (Fsp3) is 0.364. The first kappa shape index (κ1) is 11.7. The lowest BCUT2D eigenvalue weighted by molar-refractivity contribution is 0.499. The van der Waals surface area contributed by atoms with Gasteiger partial charge in [-0.3, -0.25) is 20.9 Å². The molecule has 2 rings (SSSR count). The van der Waals surface area contributed by atoms with Gasteiger partial charge in [0.1, 0.15) is 12.2 Å². The van der Waals surface area contributed by atoms with E-state index in [-0.39, 0.29) is 6.04 Å². The maximum atomic E-state index is 5.56. The van der Waals surface area contributed by atoms with Gasteiger partial charge in [-0.1, -0.05) is 6.07 Å². The summed E-state index contributed by atoms with van der Waals surface area (Å²) in [5.41, 5.74) is 3.96. The second-order valence-corrected chi connectivity index (χ2v) is 3.93. The molecule has 90 valence electrons. The quantitative estimate of drug-likeness (QED) is 0.552. The van der Waals surface area contributed by atoms with Crippen molar-refractivity contribution in [2.75, 3.05) is 0 Å². The van der Waals surface area contributed by atoms with Gasteiger partial charge in [-0.15, -0.1) is 0 Å². The molecule has 6 nitrogen and oxygen atoms in total. The van der Waals surface area contributed by atoms with Crippen LogP contribution >= 0.6 is 0 Å². The van der Waals surface area contributed by atoms with E-state index in [0.717, 1.165) is 24.2 Å². The van der Waals surface area contributed by atoms with E-state index in [1.807, 2.05) is 25.4 Å². The SMILES string of the molecule is Cn1ncnc1CC(Cc1cccnc1)NN. The first-order valence-electron chi connectivity index (χ1n) is 5.47. The van der Waals surface area contributed by atoms with Crippen molar-refractivity contribution < 1.29 is 0 Å². The zero-order chi connectivity index (χ0) is 12.1. The summed E-state index contributed by atoms with van der Waals surface area (Å²) in [6.45, 7) is 0. The molecule has 17 heavy (non-hydrogen) atoms. The Hall–Kier alpha value is -1.79. The third-order valence-corrected chi connectivity index (χ3v) is 2.67. The topological polar surface area (TPSA) is 81.7 Å². The van der Waals surface area contributed by atoms with Crippen LogP contribution in [0.4, 0.5) is 0 Å². The van der Waals surface area contributed by atoms with Crippen molar-refractivity contribution in [3.05, 3.63) is 42.2 Å². The lowest BCUT2D eigenvalue weighted by atomic mass is 10.1. The highest BCUT2D eigenvalue weighted by atomic mass is 15.3. The van der Waals surface area contributed by atoms with Crippen LogP contribution in [0.5, 0.6) is 0 Å². The first-order chi connectivity index (χ1) is 8.29. The minimum atomic E-state index is 0.127.